The average molecular weight is 539 g/mol. The van der Waals surface area contributed by atoms with Crippen LogP contribution in [-0.2, 0) is 6.42 Å². The van der Waals surface area contributed by atoms with Crippen molar-refractivity contribution in [1.29, 1.82) is 0 Å². The molecule has 1 aromatic carbocycles. The second kappa shape index (κ2) is 7.51. The molecule has 40 heavy (non-hydrogen) atoms. The van der Waals surface area contributed by atoms with E-state index >= 15 is 0 Å². The SMILES string of the molecule is CC1=C2CC(CC1C1(C3(Cc4ccc5c(c4)OCO5)CC4CC(=C3C)C4(C)C)CC3CC(=C1C)C3(C)C)C2(C)C. The molecule has 0 N–H and O–H groups in total. The molecule has 1 aromatic rings. The highest BCUT2D eigenvalue weighted by Gasteiger charge is 2.70. The molecule has 1 heterocycles. The number of benzene rings is 1. The summed E-state index contributed by atoms with van der Waals surface area (Å²) in [6, 6.07) is 6.85. The predicted octanol–water partition coefficient (Wildman–Crippen LogP) is 9.85. The average Bonchev–Trinajstić information content (AvgIpc) is 3.37. The lowest BCUT2D eigenvalue weighted by Gasteiger charge is -2.73. The van der Waals surface area contributed by atoms with Gasteiger partial charge in [0.2, 0.25) is 6.79 Å². The standard InChI is InChI=1S/C38H50O2/c1-21-28-13-25(34(28,4)5)14-29(21)38(19-27-16-31(23(38)3)36(27,8)9)37(18-26-15-30(22(37)2)35(26,6)7)17-24-10-11-32-33(12-24)40-20-39-32/h10-12,25-27,29H,13-20H2,1-9H3. The van der Waals surface area contributed by atoms with Crippen LogP contribution in [0.2, 0.25) is 0 Å². The minimum absolute atomic E-state index is 0.152. The van der Waals surface area contributed by atoms with Gasteiger partial charge in [-0.15, -0.1) is 0 Å². The molecule has 0 saturated heterocycles. The molecule has 2 nitrogen and oxygen atoms in total. The summed E-state index contributed by atoms with van der Waals surface area (Å²) in [5.41, 5.74) is 13.6. The molecule has 3 saturated carbocycles. The van der Waals surface area contributed by atoms with E-state index in [0.29, 0.717) is 29.0 Å². The lowest BCUT2D eigenvalue weighted by atomic mass is 9.31. The number of hydrogen-bond acceptors (Lipinski definition) is 2. The van der Waals surface area contributed by atoms with Crippen LogP contribution < -0.4 is 9.47 Å². The summed E-state index contributed by atoms with van der Waals surface area (Å²) >= 11 is 0. The number of ether oxygens (including phenoxy) is 2. The first-order chi connectivity index (χ1) is 18.7. The van der Waals surface area contributed by atoms with Crippen molar-refractivity contribution in [2.24, 2.45) is 50.7 Å². The molecule has 0 radical (unpaired) electrons. The van der Waals surface area contributed by atoms with Crippen LogP contribution in [0, 0.1) is 50.7 Å². The van der Waals surface area contributed by atoms with Gasteiger partial charge < -0.3 is 9.47 Å². The van der Waals surface area contributed by atoms with Crippen molar-refractivity contribution in [1.82, 2.24) is 0 Å². The number of fused-ring (bicyclic) bond motifs is 9. The van der Waals surface area contributed by atoms with Gasteiger partial charge in [0.25, 0.3) is 0 Å². The number of rotatable bonds is 4. The highest BCUT2D eigenvalue weighted by Crippen LogP contribution is 2.79. The third kappa shape index (κ3) is 2.74. The van der Waals surface area contributed by atoms with E-state index in [1.807, 2.05) is 0 Å². The van der Waals surface area contributed by atoms with Crippen LogP contribution in [0.25, 0.3) is 0 Å². The third-order valence-electron chi connectivity index (χ3n) is 15.1. The Morgan fingerprint density at radius 2 is 1.30 bits per heavy atom. The van der Waals surface area contributed by atoms with Crippen molar-refractivity contribution < 1.29 is 9.47 Å². The molecular weight excluding hydrogens is 488 g/mol. The van der Waals surface area contributed by atoms with Crippen molar-refractivity contribution in [3.63, 3.8) is 0 Å². The zero-order valence-corrected chi connectivity index (χ0v) is 26.5. The zero-order chi connectivity index (χ0) is 28.2. The second-order valence-corrected chi connectivity index (χ2v) is 16.9. The van der Waals surface area contributed by atoms with E-state index in [1.54, 1.807) is 33.4 Å². The maximum Gasteiger partial charge on any atom is 0.231 e. The largest absolute Gasteiger partial charge is 0.454 e. The van der Waals surface area contributed by atoms with Crippen LogP contribution in [0.3, 0.4) is 0 Å². The van der Waals surface area contributed by atoms with E-state index in [4.69, 9.17) is 9.47 Å². The van der Waals surface area contributed by atoms with Gasteiger partial charge in [0.05, 0.1) is 0 Å². The van der Waals surface area contributed by atoms with Crippen LogP contribution in [0.5, 0.6) is 11.5 Å². The van der Waals surface area contributed by atoms with E-state index in [2.05, 4.69) is 80.5 Å². The Bertz CT molecular complexity index is 1450. The monoisotopic (exact) mass is 538 g/mol. The molecule has 11 rings (SSSR count). The van der Waals surface area contributed by atoms with Crippen LogP contribution >= 0.6 is 0 Å². The van der Waals surface area contributed by atoms with E-state index < -0.39 is 0 Å². The van der Waals surface area contributed by atoms with Gasteiger partial charge in [-0.3, -0.25) is 0 Å². The smallest absolute Gasteiger partial charge is 0.231 e. The highest BCUT2D eigenvalue weighted by molar-refractivity contribution is 5.53. The summed E-state index contributed by atoms with van der Waals surface area (Å²) in [5.74, 6) is 4.92. The van der Waals surface area contributed by atoms with E-state index in [1.165, 1.54) is 44.1 Å². The van der Waals surface area contributed by atoms with Crippen molar-refractivity contribution in [2.75, 3.05) is 6.79 Å². The van der Waals surface area contributed by atoms with E-state index in [-0.39, 0.29) is 10.8 Å². The molecule has 0 aromatic heterocycles. The second-order valence-electron chi connectivity index (χ2n) is 16.9. The molecule has 3 fully saturated rings. The lowest BCUT2D eigenvalue weighted by molar-refractivity contribution is -0.0937. The molecule has 6 unspecified atom stereocenters. The van der Waals surface area contributed by atoms with Gasteiger partial charge in [0, 0.05) is 10.8 Å². The molecule has 0 amide bonds. The quantitative estimate of drug-likeness (QED) is 0.355. The van der Waals surface area contributed by atoms with Crippen molar-refractivity contribution >= 4 is 0 Å². The lowest BCUT2D eigenvalue weighted by Crippen LogP contribution is -2.64. The van der Waals surface area contributed by atoms with Gasteiger partial charge in [-0.25, -0.2) is 0 Å². The van der Waals surface area contributed by atoms with Gasteiger partial charge in [0.1, 0.15) is 0 Å². The van der Waals surface area contributed by atoms with Crippen LogP contribution in [0.1, 0.15) is 106 Å². The first kappa shape index (κ1) is 25.7. The number of allylic oxidation sites excluding steroid dienone is 6. The van der Waals surface area contributed by atoms with Crippen LogP contribution in [0.4, 0.5) is 0 Å². The fourth-order valence-corrected chi connectivity index (χ4v) is 12.1. The Morgan fingerprint density at radius 1 is 0.700 bits per heavy atom. The highest BCUT2D eigenvalue weighted by atomic mass is 16.7. The van der Waals surface area contributed by atoms with E-state index in [0.717, 1.165) is 35.7 Å². The van der Waals surface area contributed by atoms with Crippen molar-refractivity contribution in [3.05, 3.63) is 57.2 Å². The summed E-state index contributed by atoms with van der Waals surface area (Å²) < 4.78 is 11.7. The zero-order valence-electron chi connectivity index (χ0n) is 26.5. The molecule has 2 heteroatoms. The molecule has 6 atom stereocenters. The number of hydrogen-bond donors (Lipinski definition) is 0. The predicted molar refractivity (Wildman–Crippen MR) is 162 cm³/mol. The summed E-state index contributed by atoms with van der Waals surface area (Å²) in [7, 11) is 0. The Morgan fingerprint density at radius 3 is 1.90 bits per heavy atom. The summed E-state index contributed by atoms with van der Waals surface area (Å²) in [6.45, 7) is 23.3. The third-order valence-corrected chi connectivity index (χ3v) is 15.1. The van der Waals surface area contributed by atoms with Gasteiger partial charge in [-0.05, 0) is 123 Å². The van der Waals surface area contributed by atoms with E-state index in [9.17, 15) is 0 Å². The van der Waals surface area contributed by atoms with Gasteiger partial charge in [-0.2, -0.15) is 0 Å². The minimum Gasteiger partial charge on any atom is -0.454 e. The Labute approximate surface area is 242 Å². The maximum absolute atomic E-state index is 5.92. The Hall–Kier alpha value is -1.96. The van der Waals surface area contributed by atoms with Gasteiger partial charge >= 0.3 is 0 Å². The molecule has 9 aliphatic carbocycles. The van der Waals surface area contributed by atoms with Crippen molar-refractivity contribution in [2.45, 2.75) is 107 Å². The van der Waals surface area contributed by atoms with Crippen molar-refractivity contribution in [3.8, 4) is 11.5 Å². The minimum atomic E-state index is 0.152. The molecule has 0 spiro atoms. The first-order valence-corrected chi connectivity index (χ1v) is 16.2. The molecule has 6 bridgehead atoms. The first-order valence-electron chi connectivity index (χ1n) is 16.2. The molecule has 1 aliphatic heterocycles. The topological polar surface area (TPSA) is 18.5 Å². The maximum atomic E-state index is 5.92. The summed E-state index contributed by atoms with van der Waals surface area (Å²) in [4.78, 5) is 0. The fourth-order valence-electron chi connectivity index (χ4n) is 12.1. The fraction of sp³-hybridized carbons (Fsp3) is 0.684. The normalized spacial score (nSPS) is 40.9. The van der Waals surface area contributed by atoms with Gasteiger partial charge in [0.15, 0.2) is 11.5 Å². The Kier molecular flexibility index (Phi) is 4.83. The van der Waals surface area contributed by atoms with Gasteiger partial charge in [-0.1, -0.05) is 81.0 Å². The van der Waals surface area contributed by atoms with Crippen LogP contribution in [0.15, 0.2) is 51.6 Å². The molecule has 10 aliphatic rings. The Balaban J connectivity index is 1.39. The van der Waals surface area contributed by atoms with Crippen LogP contribution in [-0.4, -0.2) is 6.79 Å². The molecular formula is C38H50O2. The molecule has 214 valence electrons. The summed E-state index contributed by atoms with van der Waals surface area (Å²) in [6.07, 6.45) is 9.19. The summed E-state index contributed by atoms with van der Waals surface area (Å²) in [5, 5.41) is 0.